The number of thioether (sulfide) groups is 1. The molecule has 0 spiro atoms. The summed E-state index contributed by atoms with van der Waals surface area (Å²) in [7, 11) is 1.25. The van der Waals surface area contributed by atoms with Crippen LogP contribution in [0.3, 0.4) is 0 Å². The van der Waals surface area contributed by atoms with E-state index in [1.807, 2.05) is 16.8 Å². The van der Waals surface area contributed by atoms with Crippen LogP contribution in [0.1, 0.15) is 11.4 Å². The van der Waals surface area contributed by atoms with Crippen molar-refractivity contribution in [1.82, 2.24) is 24.0 Å². The zero-order valence-electron chi connectivity index (χ0n) is 19.3. The smallest absolute Gasteiger partial charge is 0.352 e. The standard InChI is InChI=1S/C21H20N8O6S2/c1-35-25-13(16-24-21(22)37-26-16)17(31)23-14-18(32)29-15(20(33)34)11(9-36-19(14)29)6-27-4-5-28-3-2-10(8-30)12(28)7-27/h2-5,7,14,19,30H,6,8-9H2,1H3,(H3-,22,23,24,26,31,33,34)/p+1/b25-13-/t14-,19+/m1/s1. The van der Waals surface area contributed by atoms with Crippen molar-refractivity contribution in [3.63, 3.8) is 0 Å². The molecule has 3 aromatic heterocycles. The second kappa shape index (κ2) is 9.79. The lowest BCUT2D eigenvalue weighted by Gasteiger charge is -2.49. The van der Waals surface area contributed by atoms with E-state index in [1.165, 1.54) is 23.8 Å². The fourth-order valence-electron chi connectivity index (χ4n) is 4.21. The Kier molecular flexibility index (Phi) is 6.53. The van der Waals surface area contributed by atoms with Gasteiger partial charge in [-0.15, -0.1) is 11.8 Å². The highest BCUT2D eigenvalue weighted by molar-refractivity contribution is 8.00. The molecule has 16 heteroatoms. The number of carboxylic acids is 1. The number of carbonyl (C=O) groups is 3. The monoisotopic (exact) mass is 545 g/mol. The van der Waals surface area contributed by atoms with Crippen molar-refractivity contribution >= 4 is 57.4 Å². The number of hydrogen-bond donors (Lipinski definition) is 4. The molecule has 37 heavy (non-hydrogen) atoms. The van der Waals surface area contributed by atoms with Gasteiger partial charge in [-0.3, -0.25) is 14.5 Å². The van der Waals surface area contributed by atoms with Crippen LogP contribution in [0.15, 0.2) is 47.3 Å². The first-order valence-electron chi connectivity index (χ1n) is 10.8. The molecule has 2 aliphatic rings. The number of nitrogens with two attached hydrogens (primary N) is 1. The minimum absolute atomic E-state index is 0.0449. The van der Waals surface area contributed by atoms with E-state index >= 15 is 0 Å². The van der Waals surface area contributed by atoms with Crippen molar-refractivity contribution in [1.29, 1.82) is 0 Å². The fraction of sp³-hybridized carbons (Fsp3) is 0.286. The van der Waals surface area contributed by atoms with E-state index in [0.717, 1.165) is 22.6 Å². The van der Waals surface area contributed by atoms with E-state index in [1.54, 1.807) is 23.0 Å². The largest absolute Gasteiger partial charge is 0.477 e. The van der Waals surface area contributed by atoms with Crippen LogP contribution in [-0.4, -0.2) is 76.6 Å². The molecule has 0 saturated carbocycles. The van der Waals surface area contributed by atoms with Gasteiger partial charge in [-0.1, -0.05) is 5.16 Å². The lowest BCUT2D eigenvalue weighted by Crippen LogP contribution is -2.71. The summed E-state index contributed by atoms with van der Waals surface area (Å²) in [5.41, 5.74) is 7.30. The number of nitrogens with one attached hydrogen (secondary N) is 1. The minimum Gasteiger partial charge on any atom is -0.477 e. The zero-order valence-corrected chi connectivity index (χ0v) is 20.9. The number of carbonyl (C=O) groups excluding carboxylic acids is 2. The highest BCUT2D eigenvalue weighted by Crippen LogP contribution is 2.40. The molecule has 2 amide bonds. The van der Waals surface area contributed by atoms with Gasteiger partial charge in [0.2, 0.25) is 11.5 Å². The van der Waals surface area contributed by atoms with Gasteiger partial charge < -0.3 is 30.5 Å². The van der Waals surface area contributed by atoms with Crippen molar-refractivity contribution < 1.29 is 34.0 Å². The predicted octanol–water partition coefficient (Wildman–Crippen LogP) is -1.06. The summed E-state index contributed by atoms with van der Waals surface area (Å²) in [4.78, 5) is 47.9. The molecule has 0 aliphatic carbocycles. The molecule has 0 unspecified atom stereocenters. The van der Waals surface area contributed by atoms with Crippen LogP contribution in [0, 0.1) is 0 Å². The summed E-state index contributed by atoms with van der Waals surface area (Å²) in [6.45, 7) is 0.107. The van der Waals surface area contributed by atoms with E-state index in [4.69, 9.17) is 10.6 Å². The molecule has 2 aliphatic heterocycles. The van der Waals surface area contributed by atoms with Crippen molar-refractivity contribution in [3.8, 4) is 0 Å². The number of oxime groups is 1. The Bertz CT molecular complexity index is 1480. The van der Waals surface area contributed by atoms with Crippen molar-refractivity contribution in [2.24, 2.45) is 5.16 Å². The normalized spacial score (nSPS) is 19.6. The van der Waals surface area contributed by atoms with E-state index in [-0.39, 0.29) is 35.5 Å². The van der Waals surface area contributed by atoms with Crippen LogP contribution in [0.5, 0.6) is 0 Å². The van der Waals surface area contributed by atoms with E-state index in [0.29, 0.717) is 11.3 Å². The van der Waals surface area contributed by atoms with E-state index in [2.05, 4.69) is 19.8 Å². The van der Waals surface area contributed by atoms with Crippen LogP contribution in [0.25, 0.3) is 5.52 Å². The van der Waals surface area contributed by atoms with Crippen LogP contribution in [0.2, 0.25) is 0 Å². The van der Waals surface area contributed by atoms with Crippen LogP contribution < -0.4 is 15.6 Å². The molecule has 0 bridgehead atoms. The topological polar surface area (TPSA) is 189 Å². The molecule has 5 heterocycles. The van der Waals surface area contributed by atoms with Crippen molar-refractivity contribution in [3.05, 3.63) is 53.5 Å². The number of nitrogen functional groups attached to an aromatic ring is 1. The van der Waals surface area contributed by atoms with Crippen LogP contribution in [0.4, 0.5) is 5.13 Å². The summed E-state index contributed by atoms with van der Waals surface area (Å²) in [5.74, 6) is -2.25. The highest BCUT2D eigenvalue weighted by Gasteiger charge is 2.54. The quantitative estimate of drug-likeness (QED) is 0.118. The average molecular weight is 546 g/mol. The maximum atomic E-state index is 13.0. The number of anilines is 1. The number of amides is 2. The summed E-state index contributed by atoms with van der Waals surface area (Å²) < 4.78 is 7.60. The number of aliphatic hydroxyl groups excluding tert-OH is 1. The first kappa shape index (κ1) is 24.7. The Morgan fingerprint density at radius 2 is 2.22 bits per heavy atom. The third kappa shape index (κ3) is 4.38. The highest BCUT2D eigenvalue weighted by atomic mass is 32.2. The molecule has 5 rings (SSSR count). The Morgan fingerprint density at radius 1 is 1.41 bits per heavy atom. The van der Waals surface area contributed by atoms with Gasteiger partial charge in [0.15, 0.2) is 24.1 Å². The third-order valence-electron chi connectivity index (χ3n) is 5.88. The first-order valence-corrected chi connectivity index (χ1v) is 12.7. The number of aromatic nitrogens is 4. The molecule has 0 radical (unpaired) electrons. The third-order valence-corrected chi connectivity index (χ3v) is 7.76. The zero-order chi connectivity index (χ0) is 26.3. The molecular formula is C21H21N8O6S2+. The molecule has 3 aromatic rings. The first-order chi connectivity index (χ1) is 17.8. The summed E-state index contributed by atoms with van der Waals surface area (Å²) in [6, 6.07) is 0.834. The Hall–Kier alpha value is -4.02. The SMILES string of the molecule is CO/N=C(\C(=O)N[C@@H]1C(=O)N2C(C(=O)O)=C(C[n+]3ccn4ccc(CO)c4c3)CS[C@@H]12)c1nsc(N)n1. The maximum Gasteiger partial charge on any atom is 0.352 e. The lowest BCUT2D eigenvalue weighted by molar-refractivity contribution is -0.688. The summed E-state index contributed by atoms with van der Waals surface area (Å²) in [6.07, 6.45) is 7.22. The van der Waals surface area contributed by atoms with Gasteiger partial charge >= 0.3 is 5.97 Å². The predicted molar refractivity (Wildman–Crippen MR) is 131 cm³/mol. The van der Waals surface area contributed by atoms with Crippen molar-refractivity contribution in [2.75, 3.05) is 18.6 Å². The molecule has 2 atom stereocenters. The number of rotatable bonds is 8. The van der Waals surface area contributed by atoms with Crippen LogP contribution >= 0.6 is 23.3 Å². The molecule has 1 saturated heterocycles. The molecule has 5 N–H and O–H groups in total. The van der Waals surface area contributed by atoms with Gasteiger partial charge in [0.05, 0.1) is 12.8 Å². The number of fused-ring (bicyclic) bond motifs is 2. The lowest BCUT2D eigenvalue weighted by atomic mass is 10.0. The number of hydrogen-bond acceptors (Lipinski definition) is 11. The second-order valence-corrected chi connectivity index (χ2v) is 9.98. The molecular weight excluding hydrogens is 524 g/mol. The molecule has 192 valence electrons. The number of nitrogens with zero attached hydrogens (tertiary/aromatic N) is 6. The number of aliphatic carboxylic acids is 1. The Labute approximate surface area is 217 Å². The molecule has 14 nitrogen and oxygen atoms in total. The maximum absolute atomic E-state index is 13.0. The summed E-state index contributed by atoms with van der Waals surface area (Å²) >= 11 is 2.22. The van der Waals surface area contributed by atoms with Crippen LogP contribution in [-0.2, 0) is 32.4 Å². The summed E-state index contributed by atoms with van der Waals surface area (Å²) in [5, 5.41) is 25.3. The Morgan fingerprint density at radius 3 is 2.89 bits per heavy atom. The number of carboxylic acid groups (broad SMARTS) is 1. The van der Waals surface area contributed by atoms with E-state index < -0.39 is 29.2 Å². The van der Waals surface area contributed by atoms with Gasteiger partial charge in [0.1, 0.15) is 29.7 Å². The van der Waals surface area contributed by atoms with Gasteiger partial charge in [-0.25, -0.2) is 4.79 Å². The second-order valence-electron chi connectivity index (χ2n) is 8.09. The molecule has 1 fully saturated rings. The average Bonchev–Trinajstić information content (AvgIpc) is 3.50. The fourth-order valence-corrected chi connectivity index (χ4v) is 5.98. The Balaban J connectivity index is 1.36. The molecule has 0 aromatic carbocycles. The van der Waals surface area contributed by atoms with E-state index in [9.17, 15) is 24.6 Å². The van der Waals surface area contributed by atoms with Crippen molar-refractivity contribution in [2.45, 2.75) is 24.6 Å². The van der Waals surface area contributed by atoms with Gasteiger partial charge in [0.25, 0.3) is 11.8 Å². The van der Waals surface area contributed by atoms with Gasteiger partial charge in [-0.05, 0) is 6.07 Å². The number of β-lactam (4-membered cyclic amide) rings is 1. The van der Waals surface area contributed by atoms with Gasteiger partial charge in [-0.2, -0.15) is 13.9 Å². The minimum atomic E-state index is -1.23. The van der Waals surface area contributed by atoms with Gasteiger partial charge in [0, 0.05) is 34.6 Å². The number of aliphatic hydroxyl groups is 1.